The van der Waals surface area contributed by atoms with E-state index < -0.39 is 0 Å². The van der Waals surface area contributed by atoms with Gasteiger partial charge >= 0.3 is 0 Å². The Bertz CT molecular complexity index is 200. The zero-order valence-corrected chi connectivity index (χ0v) is 11.3. The Morgan fingerprint density at radius 3 is 2.53 bits per heavy atom. The van der Waals surface area contributed by atoms with Gasteiger partial charge in [0.2, 0.25) is 0 Å². The van der Waals surface area contributed by atoms with Gasteiger partial charge in [0.1, 0.15) is 0 Å². The number of nitrogens with one attached hydrogen (secondary N) is 1. The first-order chi connectivity index (χ1) is 8.40. The lowest BCUT2D eigenvalue weighted by Crippen LogP contribution is -2.35. The lowest BCUT2D eigenvalue weighted by molar-refractivity contribution is 0.0188. The molecular formula is C14H28N2O. The van der Waals surface area contributed by atoms with Crippen molar-refractivity contribution in [3.05, 3.63) is 0 Å². The topological polar surface area (TPSA) is 24.5 Å². The Morgan fingerprint density at radius 2 is 1.88 bits per heavy atom. The highest BCUT2D eigenvalue weighted by molar-refractivity contribution is 4.84. The fraction of sp³-hybridized carbons (Fsp3) is 1.00. The molecule has 2 aliphatic rings. The molecular weight excluding hydrogens is 212 g/mol. The molecule has 0 spiro atoms. The second kappa shape index (κ2) is 7.34. The summed E-state index contributed by atoms with van der Waals surface area (Å²) in [5.74, 6) is 0. The summed E-state index contributed by atoms with van der Waals surface area (Å²) in [5.41, 5.74) is 0. The maximum Gasteiger partial charge on any atom is 0.0600 e. The van der Waals surface area contributed by atoms with Crippen LogP contribution >= 0.6 is 0 Å². The normalized spacial score (nSPS) is 22.2. The van der Waals surface area contributed by atoms with E-state index in [1.165, 1.54) is 45.1 Å². The molecule has 100 valence electrons. The van der Waals surface area contributed by atoms with Crippen LogP contribution in [0.5, 0.6) is 0 Å². The molecule has 0 aromatic heterocycles. The Balaban J connectivity index is 1.57. The minimum absolute atomic E-state index is 0.517. The molecule has 3 nitrogen and oxygen atoms in total. The molecule has 2 fully saturated rings. The number of rotatable bonds is 8. The second-order valence-corrected chi connectivity index (χ2v) is 5.44. The molecule has 0 bridgehead atoms. The summed E-state index contributed by atoms with van der Waals surface area (Å²) in [6.45, 7) is 7.90. The van der Waals surface area contributed by atoms with Gasteiger partial charge in [0.25, 0.3) is 0 Å². The van der Waals surface area contributed by atoms with Crippen LogP contribution in [0.4, 0.5) is 0 Å². The van der Waals surface area contributed by atoms with Crippen molar-refractivity contribution in [2.24, 2.45) is 0 Å². The first-order valence-corrected chi connectivity index (χ1v) is 7.46. The SMILES string of the molecule is CCCCN(CCOC1CCNCC1)C1CC1. The van der Waals surface area contributed by atoms with Crippen LogP contribution in [0.1, 0.15) is 45.4 Å². The zero-order valence-electron chi connectivity index (χ0n) is 11.3. The fourth-order valence-electron chi connectivity index (χ4n) is 2.58. The predicted octanol–water partition coefficient (Wildman–Crippen LogP) is 2.02. The van der Waals surface area contributed by atoms with Crippen LogP contribution in [0, 0.1) is 0 Å². The number of hydrogen-bond acceptors (Lipinski definition) is 3. The summed E-state index contributed by atoms with van der Waals surface area (Å²) < 4.78 is 5.99. The van der Waals surface area contributed by atoms with E-state index in [2.05, 4.69) is 17.1 Å². The summed E-state index contributed by atoms with van der Waals surface area (Å²) in [5, 5.41) is 3.38. The average molecular weight is 240 g/mol. The summed E-state index contributed by atoms with van der Waals surface area (Å²) in [6, 6.07) is 0.887. The van der Waals surface area contributed by atoms with Gasteiger partial charge in [0, 0.05) is 12.6 Å². The molecule has 2 rings (SSSR count). The van der Waals surface area contributed by atoms with Gasteiger partial charge in [-0.2, -0.15) is 0 Å². The summed E-state index contributed by atoms with van der Waals surface area (Å²) in [6.07, 6.45) is 8.37. The largest absolute Gasteiger partial charge is 0.377 e. The van der Waals surface area contributed by atoms with Gasteiger partial charge in [-0.25, -0.2) is 0 Å². The standard InChI is InChI=1S/C14H28N2O/c1-2-3-10-16(13-4-5-13)11-12-17-14-6-8-15-9-7-14/h13-15H,2-12H2,1H3. The molecule has 0 aromatic rings. The van der Waals surface area contributed by atoms with Crippen LogP contribution < -0.4 is 5.32 Å². The highest BCUT2D eigenvalue weighted by Gasteiger charge is 2.28. The van der Waals surface area contributed by atoms with Gasteiger partial charge in [-0.05, 0) is 51.7 Å². The van der Waals surface area contributed by atoms with Gasteiger partial charge in [-0.1, -0.05) is 13.3 Å². The van der Waals surface area contributed by atoms with Crippen molar-refractivity contribution < 1.29 is 4.74 Å². The van der Waals surface area contributed by atoms with Crippen LogP contribution in [0.15, 0.2) is 0 Å². The third kappa shape index (κ3) is 4.94. The lowest BCUT2D eigenvalue weighted by Gasteiger charge is -2.26. The van der Waals surface area contributed by atoms with Crippen molar-refractivity contribution in [2.75, 3.05) is 32.8 Å². The Hall–Kier alpha value is -0.120. The molecule has 1 aliphatic heterocycles. The van der Waals surface area contributed by atoms with Crippen LogP contribution in [0.2, 0.25) is 0 Å². The second-order valence-electron chi connectivity index (χ2n) is 5.44. The van der Waals surface area contributed by atoms with Gasteiger partial charge in [-0.15, -0.1) is 0 Å². The van der Waals surface area contributed by atoms with E-state index in [1.807, 2.05) is 0 Å². The third-order valence-electron chi connectivity index (χ3n) is 3.88. The van der Waals surface area contributed by atoms with E-state index in [9.17, 15) is 0 Å². The molecule has 1 saturated heterocycles. The van der Waals surface area contributed by atoms with Crippen molar-refractivity contribution in [3.63, 3.8) is 0 Å². The van der Waals surface area contributed by atoms with Gasteiger partial charge in [0.05, 0.1) is 12.7 Å². The first-order valence-electron chi connectivity index (χ1n) is 7.46. The molecule has 0 amide bonds. The van der Waals surface area contributed by atoms with E-state index in [-0.39, 0.29) is 0 Å². The molecule has 0 radical (unpaired) electrons. The number of nitrogens with zero attached hydrogens (tertiary/aromatic N) is 1. The number of ether oxygens (including phenoxy) is 1. The van der Waals surface area contributed by atoms with Crippen molar-refractivity contribution in [1.82, 2.24) is 10.2 Å². The Morgan fingerprint density at radius 1 is 1.12 bits per heavy atom. The van der Waals surface area contributed by atoms with Crippen LogP contribution in [-0.4, -0.2) is 49.8 Å². The highest BCUT2D eigenvalue weighted by atomic mass is 16.5. The van der Waals surface area contributed by atoms with E-state index >= 15 is 0 Å². The van der Waals surface area contributed by atoms with Crippen LogP contribution in [-0.2, 0) is 4.74 Å². The molecule has 1 aliphatic carbocycles. The number of unbranched alkanes of at least 4 members (excludes halogenated alkanes) is 1. The maximum atomic E-state index is 5.99. The van der Waals surface area contributed by atoms with Crippen molar-refractivity contribution in [1.29, 1.82) is 0 Å². The molecule has 17 heavy (non-hydrogen) atoms. The Kier molecular flexibility index (Phi) is 5.75. The molecule has 3 heteroatoms. The van der Waals surface area contributed by atoms with Gasteiger partial charge in [0.15, 0.2) is 0 Å². The van der Waals surface area contributed by atoms with E-state index in [0.29, 0.717) is 6.10 Å². The van der Waals surface area contributed by atoms with Crippen molar-refractivity contribution in [3.8, 4) is 0 Å². The lowest BCUT2D eigenvalue weighted by atomic mass is 10.1. The van der Waals surface area contributed by atoms with Crippen molar-refractivity contribution in [2.45, 2.75) is 57.6 Å². The van der Waals surface area contributed by atoms with Crippen LogP contribution in [0.25, 0.3) is 0 Å². The number of piperidine rings is 1. The number of hydrogen-bond donors (Lipinski definition) is 1. The summed E-state index contributed by atoms with van der Waals surface area (Å²) >= 11 is 0. The van der Waals surface area contributed by atoms with Crippen molar-refractivity contribution >= 4 is 0 Å². The molecule has 0 unspecified atom stereocenters. The summed E-state index contributed by atoms with van der Waals surface area (Å²) in [4.78, 5) is 2.64. The smallest absolute Gasteiger partial charge is 0.0600 e. The predicted molar refractivity (Wildman–Crippen MR) is 71.3 cm³/mol. The fourth-order valence-corrected chi connectivity index (χ4v) is 2.58. The molecule has 1 heterocycles. The maximum absolute atomic E-state index is 5.99. The average Bonchev–Trinajstić information content (AvgIpc) is 3.19. The van der Waals surface area contributed by atoms with Crippen LogP contribution in [0.3, 0.4) is 0 Å². The first kappa shape index (κ1) is 13.3. The molecule has 1 N–H and O–H groups in total. The van der Waals surface area contributed by atoms with E-state index in [1.54, 1.807) is 0 Å². The molecule has 1 saturated carbocycles. The van der Waals surface area contributed by atoms with Gasteiger partial charge in [-0.3, -0.25) is 4.90 Å². The zero-order chi connectivity index (χ0) is 11.9. The summed E-state index contributed by atoms with van der Waals surface area (Å²) in [7, 11) is 0. The molecule has 0 aromatic carbocycles. The molecule has 0 atom stereocenters. The minimum Gasteiger partial charge on any atom is -0.377 e. The monoisotopic (exact) mass is 240 g/mol. The quantitative estimate of drug-likeness (QED) is 0.702. The van der Waals surface area contributed by atoms with E-state index in [4.69, 9.17) is 4.74 Å². The van der Waals surface area contributed by atoms with E-state index in [0.717, 1.165) is 32.3 Å². The van der Waals surface area contributed by atoms with Gasteiger partial charge < -0.3 is 10.1 Å². The highest BCUT2D eigenvalue weighted by Crippen LogP contribution is 2.26. The minimum atomic E-state index is 0.517. The third-order valence-corrected chi connectivity index (χ3v) is 3.88. The Labute approximate surface area is 106 Å².